The molecule has 2 aromatic rings. The Morgan fingerprint density at radius 3 is 2.72 bits per heavy atom. The molecule has 0 unspecified atom stereocenters. The minimum atomic E-state index is -0.220. The lowest BCUT2D eigenvalue weighted by atomic mass is 9.96. The molecule has 0 aromatic heterocycles. The van der Waals surface area contributed by atoms with E-state index in [0.29, 0.717) is 0 Å². The molecule has 0 atom stereocenters. The molecular formula is C20H17FN2O2. The number of ether oxygens (including phenoxy) is 1. The summed E-state index contributed by atoms with van der Waals surface area (Å²) in [7, 11) is 1.66. The van der Waals surface area contributed by atoms with Crippen molar-refractivity contribution in [1.82, 2.24) is 10.5 Å². The number of fused-ring (bicyclic) bond motifs is 1. The summed E-state index contributed by atoms with van der Waals surface area (Å²) in [6, 6.07) is 12.7. The van der Waals surface area contributed by atoms with Crippen molar-refractivity contribution in [3.63, 3.8) is 0 Å². The molecule has 0 saturated carbocycles. The number of methoxy groups -OCH3 is 1. The summed E-state index contributed by atoms with van der Waals surface area (Å²) in [5, 5.41) is 1.65. The fourth-order valence-electron chi connectivity index (χ4n) is 2.93. The Hall–Kier alpha value is -3.05. The molecule has 0 saturated heterocycles. The molecule has 2 aromatic carbocycles. The lowest BCUT2D eigenvalue weighted by molar-refractivity contribution is -0.112. The molecule has 2 heterocycles. The van der Waals surface area contributed by atoms with Gasteiger partial charge in [0.05, 0.1) is 19.0 Å². The van der Waals surface area contributed by atoms with Gasteiger partial charge in [-0.3, -0.25) is 0 Å². The van der Waals surface area contributed by atoms with Crippen LogP contribution in [-0.2, 0) is 11.4 Å². The van der Waals surface area contributed by atoms with Gasteiger partial charge < -0.3 is 4.74 Å². The van der Waals surface area contributed by atoms with Gasteiger partial charge in [-0.25, -0.2) is 14.9 Å². The first-order valence-corrected chi connectivity index (χ1v) is 7.96. The van der Waals surface area contributed by atoms with Crippen LogP contribution in [0.15, 0.2) is 72.7 Å². The number of rotatable bonds is 4. The van der Waals surface area contributed by atoms with E-state index < -0.39 is 0 Å². The number of nitrogens with zero attached hydrogens (tertiary/aromatic N) is 1. The molecule has 0 radical (unpaired) electrons. The summed E-state index contributed by atoms with van der Waals surface area (Å²) in [6.07, 6.45) is 8.38. The fraction of sp³-hybridized carbons (Fsp3) is 0.100. The molecule has 25 heavy (non-hydrogen) atoms. The lowest BCUT2D eigenvalue weighted by Crippen LogP contribution is -2.15. The number of hydroxylamine groups is 3. The van der Waals surface area contributed by atoms with Gasteiger partial charge in [0, 0.05) is 11.8 Å². The van der Waals surface area contributed by atoms with Crippen molar-refractivity contribution in [2.45, 2.75) is 6.42 Å². The molecule has 1 N–H and O–H groups in total. The highest BCUT2D eigenvalue weighted by Crippen LogP contribution is 2.33. The summed E-state index contributed by atoms with van der Waals surface area (Å²) in [6.45, 7) is 0. The molecule has 4 rings (SSSR count). The summed E-state index contributed by atoms with van der Waals surface area (Å²) in [5.41, 5.74) is 7.88. The Kier molecular flexibility index (Phi) is 3.99. The average Bonchev–Trinajstić information content (AvgIpc) is 3.11. The van der Waals surface area contributed by atoms with Gasteiger partial charge in [-0.1, -0.05) is 18.2 Å². The molecule has 4 nitrogen and oxygen atoms in total. The van der Waals surface area contributed by atoms with Crippen molar-refractivity contribution in [3.05, 3.63) is 95.2 Å². The fourth-order valence-corrected chi connectivity index (χ4v) is 2.93. The molecule has 0 bridgehead atoms. The number of nitrogens with one attached hydrogen (secondary N) is 1. The second kappa shape index (κ2) is 6.45. The first kappa shape index (κ1) is 15.5. The third kappa shape index (κ3) is 3.14. The van der Waals surface area contributed by atoms with Crippen LogP contribution >= 0.6 is 0 Å². The van der Waals surface area contributed by atoms with Crippen LogP contribution in [0, 0.1) is 5.82 Å². The van der Waals surface area contributed by atoms with Crippen LogP contribution < -0.4 is 10.2 Å². The molecule has 2 aliphatic heterocycles. The number of hydrogen-bond donors (Lipinski definition) is 1. The average molecular weight is 336 g/mol. The maximum Gasteiger partial charge on any atom is 0.126 e. The summed E-state index contributed by atoms with van der Waals surface area (Å²) in [4.78, 5) is 5.21. The molecule has 0 amide bonds. The van der Waals surface area contributed by atoms with Crippen molar-refractivity contribution in [2.24, 2.45) is 0 Å². The number of hydrogen-bond acceptors (Lipinski definition) is 4. The topological polar surface area (TPSA) is 33.7 Å². The highest BCUT2D eigenvalue weighted by atomic mass is 19.1. The van der Waals surface area contributed by atoms with Gasteiger partial charge in [-0.05, 0) is 59.5 Å². The van der Waals surface area contributed by atoms with E-state index in [1.165, 1.54) is 12.1 Å². The molecular weight excluding hydrogens is 319 g/mol. The monoisotopic (exact) mass is 336 g/mol. The standard InChI is InChI=1S/C20H17FN2O2/c1-24-20-7-4-15(10-14-2-5-17(21)6-3-14)11-19(20)16-8-9-23-18(12-16)13-22-25-23/h2-9,11-13,22H,10H2,1H3. The SMILES string of the molecule is COc1ccc(Cc2ccc(F)cc2)cc1C1=CC2=CNON2C=C1. The quantitative estimate of drug-likeness (QED) is 0.917. The maximum atomic E-state index is 13.1. The van der Waals surface area contributed by atoms with E-state index >= 15 is 0 Å². The van der Waals surface area contributed by atoms with E-state index in [9.17, 15) is 4.39 Å². The Balaban J connectivity index is 1.67. The molecule has 0 aliphatic carbocycles. The van der Waals surface area contributed by atoms with E-state index in [-0.39, 0.29) is 5.82 Å². The van der Waals surface area contributed by atoms with Crippen molar-refractivity contribution in [2.75, 3.05) is 7.11 Å². The zero-order chi connectivity index (χ0) is 17.2. The van der Waals surface area contributed by atoms with Gasteiger partial charge in [0.2, 0.25) is 0 Å². The normalized spacial score (nSPS) is 15.4. The Morgan fingerprint density at radius 2 is 1.92 bits per heavy atom. The van der Waals surface area contributed by atoms with Crippen LogP contribution in [0.1, 0.15) is 16.7 Å². The first-order chi connectivity index (χ1) is 12.2. The molecule has 0 spiro atoms. The Morgan fingerprint density at radius 1 is 1.12 bits per heavy atom. The summed E-state index contributed by atoms with van der Waals surface area (Å²) >= 11 is 0. The van der Waals surface area contributed by atoms with Gasteiger partial charge in [0.15, 0.2) is 0 Å². The largest absolute Gasteiger partial charge is 0.496 e. The highest BCUT2D eigenvalue weighted by Gasteiger charge is 2.18. The minimum absolute atomic E-state index is 0.220. The van der Waals surface area contributed by atoms with Crippen LogP contribution in [0.4, 0.5) is 4.39 Å². The maximum absolute atomic E-state index is 13.1. The summed E-state index contributed by atoms with van der Waals surface area (Å²) in [5.74, 6) is 0.585. The van der Waals surface area contributed by atoms with Crippen molar-refractivity contribution < 1.29 is 14.1 Å². The molecule has 2 aliphatic rings. The van der Waals surface area contributed by atoms with Crippen molar-refractivity contribution in [1.29, 1.82) is 0 Å². The van der Waals surface area contributed by atoms with Crippen LogP contribution in [0.5, 0.6) is 5.75 Å². The van der Waals surface area contributed by atoms with Crippen LogP contribution in [0.3, 0.4) is 0 Å². The lowest BCUT2D eigenvalue weighted by Gasteiger charge is -2.19. The van der Waals surface area contributed by atoms with Crippen LogP contribution in [0.2, 0.25) is 0 Å². The predicted octanol–water partition coefficient (Wildman–Crippen LogP) is 3.93. The van der Waals surface area contributed by atoms with Crippen molar-refractivity contribution in [3.8, 4) is 5.75 Å². The predicted molar refractivity (Wildman–Crippen MR) is 93.5 cm³/mol. The zero-order valence-electron chi connectivity index (χ0n) is 13.7. The van der Waals surface area contributed by atoms with E-state index in [0.717, 1.165) is 40.1 Å². The second-order valence-corrected chi connectivity index (χ2v) is 5.86. The smallest absolute Gasteiger partial charge is 0.126 e. The Labute approximate surface area is 145 Å². The van der Waals surface area contributed by atoms with E-state index in [4.69, 9.17) is 9.68 Å². The third-order valence-electron chi connectivity index (χ3n) is 4.20. The van der Waals surface area contributed by atoms with Gasteiger partial charge in [0.1, 0.15) is 11.6 Å². The molecule has 5 heteroatoms. The highest BCUT2D eigenvalue weighted by molar-refractivity contribution is 5.81. The van der Waals surface area contributed by atoms with Crippen LogP contribution in [0.25, 0.3) is 5.57 Å². The van der Waals surface area contributed by atoms with Crippen molar-refractivity contribution >= 4 is 5.57 Å². The van der Waals surface area contributed by atoms with Gasteiger partial charge >= 0.3 is 0 Å². The van der Waals surface area contributed by atoms with Gasteiger partial charge in [0.25, 0.3) is 0 Å². The van der Waals surface area contributed by atoms with E-state index in [2.05, 4.69) is 11.5 Å². The number of benzene rings is 2. The number of halogens is 1. The van der Waals surface area contributed by atoms with Crippen LogP contribution in [-0.4, -0.2) is 12.2 Å². The molecule has 0 fully saturated rings. The first-order valence-electron chi connectivity index (χ1n) is 7.96. The number of allylic oxidation sites excluding steroid dienone is 3. The van der Waals surface area contributed by atoms with Gasteiger partial charge in [-0.2, -0.15) is 4.94 Å². The van der Waals surface area contributed by atoms with E-state index in [1.807, 2.05) is 42.6 Å². The second-order valence-electron chi connectivity index (χ2n) is 5.86. The zero-order valence-corrected chi connectivity index (χ0v) is 13.7. The third-order valence-corrected chi connectivity index (χ3v) is 4.20. The van der Waals surface area contributed by atoms with E-state index in [1.54, 1.807) is 18.4 Å². The molecule has 126 valence electrons. The minimum Gasteiger partial charge on any atom is -0.496 e. The van der Waals surface area contributed by atoms with Gasteiger partial charge in [-0.15, -0.1) is 0 Å². The Bertz CT molecular complexity index is 885. The summed E-state index contributed by atoms with van der Waals surface area (Å²) < 4.78 is 18.6.